The summed E-state index contributed by atoms with van der Waals surface area (Å²) in [5, 5.41) is 3.38. The van der Waals surface area contributed by atoms with E-state index in [2.05, 4.69) is 10.3 Å². The van der Waals surface area contributed by atoms with Gasteiger partial charge in [-0.1, -0.05) is 6.07 Å². The molecule has 8 heteroatoms. The van der Waals surface area contributed by atoms with Crippen LogP contribution in [0, 0.1) is 0 Å². The third-order valence-corrected chi connectivity index (χ3v) is 4.71. The highest BCUT2D eigenvalue weighted by molar-refractivity contribution is 6.01. The Bertz CT molecular complexity index is 860. The van der Waals surface area contributed by atoms with Crippen LogP contribution in [-0.2, 0) is 9.59 Å². The lowest BCUT2D eigenvalue weighted by Gasteiger charge is -2.39. The Morgan fingerprint density at radius 3 is 2.69 bits per heavy atom. The van der Waals surface area contributed by atoms with E-state index in [-0.39, 0.29) is 24.3 Å². The number of rotatable bonds is 3. The second-order valence-corrected chi connectivity index (χ2v) is 6.20. The summed E-state index contributed by atoms with van der Waals surface area (Å²) in [6, 6.07) is 6.53. The number of likely N-dealkylation sites (N-methyl/N-ethyl adjacent to an activating group) is 1. The lowest BCUT2D eigenvalue weighted by atomic mass is 10.1. The van der Waals surface area contributed by atoms with Crippen molar-refractivity contribution in [1.82, 2.24) is 20.1 Å². The summed E-state index contributed by atoms with van der Waals surface area (Å²) in [6.45, 7) is 2.34. The summed E-state index contributed by atoms with van der Waals surface area (Å²) in [7, 11) is 3.09. The third-order valence-electron chi connectivity index (χ3n) is 4.71. The van der Waals surface area contributed by atoms with Crippen molar-refractivity contribution >= 4 is 28.6 Å². The van der Waals surface area contributed by atoms with E-state index < -0.39 is 6.04 Å². The number of fused-ring (bicyclic) bond motifs is 1. The number of aromatic amines is 1. The Labute approximate surface area is 151 Å². The minimum absolute atomic E-state index is 0.110. The first-order chi connectivity index (χ1) is 12.5. The van der Waals surface area contributed by atoms with Gasteiger partial charge in [0.2, 0.25) is 11.8 Å². The number of benzene rings is 1. The van der Waals surface area contributed by atoms with Gasteiger partial charge in [-0.25, -0.2) is 0 Å². The van der Waals surface area contributed by atoms with E-state index in [4.69, 9.17) is 4.74 Å². The van der Waals surface area contributed by atoms with E-state index in [1.165, 1.54) is 18.9 Å². The van der Waals surface area contributed by atoms with Gasteiger partial charge in [-0.15, -0.1) is 0 Å². The van der Waals surface area contributed by atoms with Gasteiger partial charge in [0, 0.05) is 38.0 Å². The maximum absolute atomic E-state index is 13.0. The Morgan fingerprint density at radius 2 is 2.04 bits per heavy atom. The van der Waals surface area contributed by atoms with Gasteiger partial charge >= 0.3 is 0 Å². The summed E-state index contributed by atoms with van der Waals surface area (Å²) in [5.41, 5.74) is 1.17. The van der Waals surface area contributed by atoms with Crippen LogP contribution in [0.2, 0.25) is 0 Å². The van der Waals surface area contributed by atoms with Crippen molar-refractivity contribution in [2.75, 3.05) is 33.8 Å². The van der Waals surface area contributed by atoms with Gasteiger partial charge in [0.25, 0.3) is 5.91 Å². The number of aromatic nitrogens is 1. The molecule has 2 N–H and O–H groups in total. The molecule has 1 aromatic heterocycles. The maximum Gasteiger partial charge on any atom is 0.271 e. The second-order valence-electron chi connectivity index (χ2n) is 6.20. The highest BCUT2D eigenvalue weighted by atomic mass is 16.5. The Kier molecular flexibility index (Phi) is 4.83. The molecule has 8 nitrogen and oxygen atoms in total. The van der Waals surface area contributed by atoms with Gasteiger partial charge in [-0.3, -0.25) is 14.4 Å². The summed E-state index contributed by atoms with van der Waals surface area (Å²) in [6.07, 6.45) is 0. The number of hydrogen-bond acceptors (Lipinski definition) is 4. The highest BCUT2D eigenvalue weighted by Crippen LogP contribution is 2.27. The molecule has 0 aliphatic carbocycles. The second kappa shape index (κ2) is 7.07. The smallest absolute Gasteiger partial charge is 0.271 e. The molecule has 1 aromatic carbocycles. The van der Waals surface area contributed by atoms with E-state index >= 15 is 0 Å². The quantitative estimate of drug-likeness (QED) is 0.840. The number of nitrogens with one attached hydrogen (secondary N) is 2. The highest BCUT2D eigenvalue weighted by Gasteiger charge is 2.36. The van der Waals surface area contributed by atoms with Gasteiger partial charge in [0.15, 0.2) is 0 Å². The van der Waals surface area contributed by atoms with Crippen molar-refractivity contribution < 1.29 is 19.1 Å². The first-order valence-corrected chi connectivity index (χ1v) is 8.40. The van der Waals surface area contributed by atoms with Crippen LogP contribution in [0.25, 0.3) is 10.9 Å². The molecular formula is C18H22N4O4. The third kappa shape index (κ3) is 3.10. The molecule has 1 atom stereocenters. The molecule has 2 heterocycles. The first kappa shape index (κ1) is 17.8. The van der Waals surface area contributed by atoms with Gasteiger partial charge in [-0.05, 0) is 18.2 Å². The van der Waals surface area contributed by atoms with Crippen LogP contribution in [0.15, 0.2) is 24.3 Å². The molecule has 1 fully saturated rings. The predicted molar refractivity (Wildman–Crippen MR) is 96.0 cm³/mol. The normalized spacial score (nSPS) is 17.3. The molecule has 1 aliphatic heterocycles. The number of carbonyl (C=O) groups is 3. The maximum atomic E-state index is 13.0. The van der Waals surface area contributed by atoms with Crippen LogP contribution in [0.4, 0.5) is 0 Å². The number of nitrogens with zero attached hydrogens (tertiary/aromatic N) is 2. The van der Waals surface area contributed by atoms with Crippen LogP contribution >= 0.6 is 0 Å². The van der Waals surface area contributed by atoms with Crippen molar-refractivity contribution in [1.29, 1.82) is 0 Å². The molecule has 26 heavy (non-hydrogen) atoms. The van der Waals surface area contributed by atoms with Crippen molar-refractivity contribution in [3.63, 3.8) is 0 Å². The molecule has 1 unspecified atom stereocenters. The molecule has 0 saturated carbocycles. The minimum Gasteiger partial charge on any atom is -0.496 e. The number of carbonyl (C=O) groups excluding carboxylic acids is 3. The summed E-state index contributed by atoms with van der Waals surface area (Å²) < 4.78 is 5.33. The van der Waals surface area contributed by atoms with Crippen LogP contribution in [0.3, 0.4) is 0 Å². The van der Waals surface area contributed by atoms with Gasteiger partial charge in [-0.2, -0.15) is 0 Å². The average molecular weight is 358 g/mol. The molecule has 1 aliphatic rings. The van der Waals surface area contributed by atoms with E-state index in [1.54, 1.807) is 18.1 Å². The Balaban J connectivity index is 1.92. The molecule has 0 radical (unpaired) electrons. The number of H-pyrrole nitrogens is 1. The standard InChI is InChI=1S/C18H22N4O4/c1-11(23)21-7-8-22(15(10-21)17(24)19-2)18(25)14-9-12-13(20-14)5-4-6-16(12)26-3/h4-6,9,15,20H,7-8,10H2,1-3H3,(H,19,24). The van der Waals surface area contributed by atoms with E-state index in [1.807, 2.05) is 18.2 Å². The van der Waals surface area contributed by atoms with Gasteiger partial charge in [0.05, 0.1) is 13.7 Å². The fourth-order valence-electron chi connectivity index (χ4n) is 3.28. The zero-order valence-corrected chi connectivity index (χ0v) is 15.0. The molecule has 0 spiro atoms. The molecule has 1 saturated heterocycles. The average Bonchev–Trinajstić information content (AvgIpc) is 3.10. The van der Waals surface area contributed by atoms with Crippen molar-refractivity contribution in [3.8, 4) is 5.75 Å². The molecule has 0 bridgehead atoms. The van der Waals surface area contributed by atoms with Crippen molar-refractivity contribution in [2.45, 2.75) is 13.0 Å². The summed E-state index contributed by atoms with van der Waals surface area (Å²) >= 11 is 0. The number of piperazine rings is 1. The zero-order valence-electron chi connectivity index (χ0n) is 15.0. The largest absolute Gasteiger partial charge is 0.496 e. The van der Waals surface area contributed by atoms with Crippen molar-refractivity contribution in [3.05, 3.63) is 30.0 Å². The summed E-state index contributed by atoms with van der Waals surface area (Å²) in [5.74, 6) is -0.0125. The lowest BCUT2D eigenvalue weighted by Crippen LogP contribution is -2.61. The van der Waals surface area contributed by atoms with Gasteiger partial charge < -0.3 is 24.8 Å². The lowest BCUT2D eigenvalue weighted by molar-refractivity contribution is -0.135. The fourth-order valence-corrected chi connectivity index (χ4v) is 3.28. The zero-order chi connectivity index (χ0) is 18.8. The van der Waals surface area contributed by atoms with Crippen LogP contribution in [0.5, 0.6) is 5.75 Å². The fraction of sp³-hybridized carbons (Fsp3) is 0.389. The minimum atomic E-state index is -0.724. The van der Waals surface area contributed by atoms with E-state index in [0.29, 0.717) is 24.5 Å². The van der Waals surface area contributed by atoms with Crippen LogP contribution in [0.1, 0.15) is 17.4 Å². The SMILES string of the molecule is CNC(=O)C1CN(C(C)=O)CCN1C(=O)c1cc2c(OC)cccc2[nH]1. The number of hydrogen-bond donors (Lipinski definition) is 2. The Morgan fingerprint density at radius 1 is 1.27 bits per heavy atom. The predicted octanol–water partition coefficient (Wildman–Crippen LogP) is 0.595. The van der Waals surface area contributed by atoms with E-state index in [0.717, 1.165) is 10.9 Å². The van der Waals surface area contributed by atoms with Crippen LogP contribution < -0.4 is 10.1 Å². The molecule has 3 amide bonds. The number of methoxy groups -OCH3 is 1. The number of amides is 3. The topological polar surface area (TPSA) is 94.7 Å². The molecule has 3 rings (SSSR count). The molecular weight excluding hydrogens is 336 g/mol. The van der Waals surface area contributed by atoms with Gasteiger partial charge in [0.1, 0.15) is 17.5 Å². The van der Waals surface area contributed by atoms with Crippen LogP contribution in [-0.4, -0.2) is 72.3 Å². The van der Waals surface area contributed by atoms with E-state index in [9.17, 15) is 14.4 Å². The monoisotopic (exact) mass is 358 g/mol. The Hall–Kier alpha value is -3.03. The summed E-state index contributed by atoms with van der Waals surface area (Å²) in [4.78, 5) is 43.2. The van der Waals surface area contributed by atoms with Crippen molar-refractivity contribution in [2.24, 2.45) is 0 Å². The first-order valence-electron chi connectivity index (χ1n) is 8.40. The molecule has 2 aromatic rings. The number of ether oxygens (including phenoxy) is 1. The molecule has 138 valence electrons.